The first-order valence-electron chi connectivity index (χ1n) is 8.39. The molecule has 0 atom stereocenters. The highest BCUT2D eigenvalue weighted by Gasteiger charge is 2.27. The van der Waals surface area contributed by atoms with E-state index in [1.165, 1.54) is 43.5 Å². The monoisotopic (exact) mass is 423 g/mol. The fourth-order valence-electron chi connectivity index (χ4n) is 3.04. The number of sulfonamides is 1. The number of furan rings is 1. The summed E-state index contributed by atoms with van der Waals surface area (Å²) in [6.45, 7) is -0.661. The van der Waals surface area contributed by atoms with Crippen molar-refractivity contribution in [3.63, 3.8) is 0 Å². The topological polar surface area (TPSA) is 117 Å². The van der Waals surface area contributed by atoms with E-state index in [0.29, 0.717) is 5.56 Å². The normalized spacial score (nSPS) is 11.6. The predicted molar refractivity (Wildman–Crippen MR) is 104 cm³/mol. The van der Waals surface area contributed by atoms with Gasteiger partial charge in [0.2, 0.25) is 10.0 Å². The summed E-state index contributed by atoms with van der Waals surface area (Å²) in [6, 6.07) is 7.81. The van der Waals surface area contributed by atoms with Crippen LogP contribution >= 0.6 is 0 Å². The van der Waals surface area contributed by atoms with Crippen molar-refractivity contribution in [2.75, 3.05) is 30.8 Å². The number of ether oxygens (including phenoxy) is 1. The van der Waals surface area contributed by atoms with Crippen molar-refractivity contribution in [2.45, 2.75) is 0 Å². The summed E-state index contributed by atoms with van der Waals surface area (Å²) >= 11 is 0. The van der Waals surface area contributed by atoms with Crippen LogP contribution in [0.25, 0.3) is 22.3 Å². The smallest absolute Gasteiger partial charge is 0.340 e. The zero-order valence-corrected chi connectivity index (χ0v) is 16.4. The van der Waals surface area contributed by atoms with Crippen molar-refractivity contribution < 1.29 is 37.0 Å². The second-order valence-corrected chi connectivity index (χ2v) is 8.10. The van der Waals surface area contributed by atoms with Crippen molar-refractivity contribution in [1.82, 2.24) is 0 Å². The van der Waals surface area contributed by atoms with Crippen LogP contribution in [0, 0.1) is 5.82 Å². The third-order valence-corrected chi connectivity index (χ3v) is 5.46. The number of hydrogen-bond donors (Lipinski definition) is 2. The van der Waals surface area contributed by atoms with Crippen molar-refractivity contribution in [1.29, 1.82) is 0 Å². The molecule has 10 heteroatoms. The van der Waals surface area contributed by atoms with Gasteiger partial charge in [-0.1, -0.05) is 0 Å². The number of methoxy groups -OCH3 is 1. The number of anilines is 1. The number of carboxylic acid groups (broad SMARTS) is 1. The Kier molecular flexibility index (Phi) is 5.49. The lowest BCUT2D eigenvalue weighted by molar-refractivity contribution is 0.0699. The molecule has 0 aliphatic rings. The van der Waals surface area contributed by atoms with Crippen LogP contribution in [-0.2, 0) is 10.0 Å². The van der Waals surface area contributed by atoms with Gasteiger partial charge in [-0.05, 0) is 30.3 Å². The average Bonchev–Trinajstić information content (AvgIpc) is 3.03. The van der Waals surface area contributed by atoms with E-state index in [9.17, 15) is 27.8 Å². The number of rotatable bonds is 7. The van der Waals surface area contributed by atoms with E-state index in [2.05, 4.69) is 0 Å². The number of fused-ring (bicyclic) bond motifs is 1. The van der Waals surface area contributed by atoms with Gasteiger partial charge in [0.25, 0.3) is 0 Å². The van der Waals surface area contributed by atoms with Gasteiger partial charge < -0.3 is 19.4 Å². The second kappa shape index (κ2) is 7.72. The van der Waals surface area contributed by atoms with Gasteiger partial charge in [-0.3, -0.25) is 4.31 Å². The molecule has 2 N–H and O–H groups in total. The maximum absolute atomic E-state index is 13.2. The molecule has 0 aliphatic carbocycles. The van der Waals surface area contributed by atoms with E-state index in [-0.39, 0.29) is 40.3 Å². The largest absolute Gasteiger partial charge is 0.495 e. The van der Waals surface area contributed by atoms with E-state index in [1.807, 2.05) is 0 Å². The summed E-state index contributed by atoms with van der Waals surface area (Å²) in [5.41, 5.74) is 0.373. The first-order valence-corrected chi connectivity index (χ1v) is 10.2. The third-order valence-electron chi connectivity index (χ3n) is 4.28. The number of nitrogens with zero attached hydrogens (tertiary/aromatic N) is 1. The van der Waals surface area contributed by atoms with E-state index in [4.69, 9.17) is 9.15 Å². The summed E-state index contributed by atoms with van der Waals surface area (Å²) in [4.78, 5) is 11.9. The highest BCUT2D eigenvalue weighted by molar-refractivity contribution is 7.92. The maximum atomic E-state index is 13.2. The molecule has 0 spiro atoms. The van der Waals surface area contributed by atoms with Gasteiger partial charge in [0.15, 0.2) is 0 Å². The maximum Gasteiger partial charge on any atom is 0.340 e. The number of carboxylic acids is 1. The minimum Gasteiger partial charge on any atom is -0.495 e. The van der Waals surface area contributed by atoms with Gasteiger partial charge in [-0.25, -0.2) is 17.6 Å². The highest BCUT2D eigenvalue weighted by atomic mass is 32.2. The lowest BCUT2D eigenvalue weighted by Gasteiger charge is -2.23. The minimum absolute atomic E-state index is 0.000216. The molecule has 1 heterocycles. The Bertz CT molecular complexity index is 1170. The molecule has 0 saturated carbocycles. The van der Waals surface area contributed by atoms with Gasteiger partial charge >= 0.3 is 5.97 Å². The van der Waals surface area contributed by atoms with Crippen LogP contribution in [0.2, 0.25) is 0 Å². The van der Waals surface area contributed by atoms with Crippen molar-refractivity contribution in [3.8, 4) is 17.1 Å². The summed E-state index contributed by atoms with van der Waals surface area (Å²) in [5, 5.41) is 19.2. The Balaban J connectivity index is 2.31. The molecular formula is C19H18FNO7S. The molecule has 0 unspecified atom stereocenters. The van der Waals surface area contributed by atoms with Crippen molar-refractivity contribution >= 4 is 32.6 Å². The fourth-order valence-corrected chi connectivity index (χ4v) is 3.96. The van der Waals surface area contributed by atoms with Crippen LogP contribution < -0.4 is 9.04 Å². The molecule has 0 bridgehead atoms. The minimum atomic E-state index is -3.76. The van der Waals surface area contributed by atoms with E-state index < -0.39 is 28.4 Å². The van der Waals surface area contributed by atoms with Crippen LogP contribution in [0.15, 0.2) is 40.8 Å². The van der Waals surface area contributed by atoms with Gasteiger partial charge in [-0.15, -0.1) is 0 Å². The first kappa shape index (κ1) is 20.6. The fraction of sp³-hybridized carbons (Fsp3) is 0.211. The quantitative estimate of drug-likeness (QED) is 0.600. The molecule has 29 heavy (non-hydrogen) atoms. The number of carbonyl (C=O) groups is 1. The Morgan fingerprint density at radius 3 is 2.41 bits per heavy atom. The lowest BCUT2D eigenvalue weighted by Crippen LogP contribution is -2.32. The zero-order valence-electron chi connectivity index (χ0n) is 15.5. The van der Waals surface area contributed by atoms with Crippen molar-refractivity contribution in [2.24, 2.45) is 0 Å². The number of halogens is 1. The van der Waals surface area contributed by atoms with Crippen LogP contribution in [0.4, 0.5) is 10.1 Å². The van der Waals surface area contributed by atoms with Gasteiger partial charge in [-0.2, -0.15) is 0 Å². The molecule has 2 aromatic carbocycles. The second-order valence-electron chi connectivity index (χ2n) is 6.20. The molecule has 8 nitrogen and oxygen atoms in total. The van der Waals surface area contributed by atoms with Crippen molar-refractivity contribution in [3.05, 3.63) is 47.8 Å². The van der Waals surface area contributed by atoms with Gasteiger partial charge in [0.1, 0.15) is 28.5 Å². The first-order chi connectivity index (χ1) is 13.7. The Morgan fingerprint density at radius 1 is 1.24 bits per heavy atom. The van der Waals surface area contributed by atoms with Crippen LogP contribution in [-0.4, -0.2) is 51.1 Å². The van der Waals surface area contributed by atoms with Crippen LogP contribution in [0.5, 0.6) is 5.75 Å². The number of benzene rings is 2. The third kappa shape index (κ3) is 3.89. The Labute approximate surface area is 165 Å². The predicted octanol–water partition coefficient (Wildman–Crippen LogP) is 2.70. The molecule has 0 amide bonds. The number of aliphatic hydroxyl groups is 1. The zero-order chi connectivity index (χ0) is 21.3. The molecular weight excluding hydrogens is 405 g/mol. The van der Waals surface area contributed by atoms with Crippen LogP contribution in [0.1, 0.15) is 10.4 Å². The summed E-state index contributed by atoms with van der Waals surface area (Å²) < 4.78 is 49.5. The number of aromatic carboxylic acids is 1. The highest BCUT2D eigenvalue weighted by Crippen LogP contribution is 2.40. The van der Waals surface area contributed by atoms with Gasteiger partial charge in [0.05, 0.1) is 32.2 Å². The molecule has 1 aromatic heterocycles. The summed E-state index contributed by atoms with van der Waals surface area (Å²) in [7, 11) is -2.45. The van der Waals surface area contributed by atoms with Gasteiger partial charge in [0, 0.05) is 17.0 Å². The SMILES string of the molecule is COc1cc2c(C(=O)O)c(-c3ccc(F)cc3)oc2cc1N(CCO)S(C)(=O)=O. The molecule has 0 fully saturated rings. The summed E-state index contributed by atoms with van der Waals surface area (Å²) in [5.74, 6) is -1.67. The van der Waals surface area contributed by atoms with Crippen LogP contribution in [0.3, 0.4) is 0 Å². The Morgan fingerprint density at radius 2 is 1.90 bits per heavy atom. The Hall–Kier alpha value is -3.11. The molecule has 3 rings (SSSR count). The molecule has 154 valence electrons. The standard InChI is InChI=1S/C19H18FNO7S/c1-27-16-9-13-15(10-14(16)21(7-8-22)29(2,25)26)28-18(17(13)19(23)24)11-3-5-12(20)6-4-11/h3-6,9-10,22H,7-8H2,1-2H3,(H,23,24). The average molecular weight is 423 g/mol. The number of aliphatic hydroxyl groups excluding tert-OH is 1. The van der Waals surface area contributed by atoms with E-state index >= 15 is 0 Å². The van der Waals surface area contributed by atoms with E-state index in [0.717, 1.165) is 10.6 Å². The molecule has 0 radical (unpaired) electrons. The molecule has 0 aliphatic heterocycles. The lowest BCUT2D eigenvalue weighted by atomic mass is 10.0. The molecule has 0 saturated heterocycles. The summed E-state index contributed by atoms with van der Waals surface area (Å²) in [6.07, 6.45) is 0.973. The molecule has 3 aromatic rings. The number of hydrogen-bond acceptors (Lipinski definition) is 6. The van der Waals surface area contributed by atoms with E-state index in [1.54, 1.807) is 0 Å².